The molecule has 4 rings (SSSR count). The van der Waals surface area contributed by atoms with Gasteiger partial charge in [0.15, 0.2) is 0 Å². The standard InChI is InChI=1S/C19H21N3O2S/c1-20-9-11-21(12-10-20)19(24)17-13-15-16(25-17)7-8-22(15)18(23)14-5-3-2-4-6-14/h2-6,13H,7-12H2,1H3. The first kappa shape index (κ1) is 16.3. The third kappa shape index (κ3) is 3.07. The van der Waals surface area contributed by atoms with Gasteiger partial charge < -0.3 is 14.7 Å². The van der Waals surface area contributed by atoms with E-state index in [1.54, 1.807) is 11.3 Å². The molecular weight excluding hydrogens is 334 g/mol. The van der Waals surface area contributed by atoms with Crippen LogP contribution in [0.1, 0.15) is 24.9 Å². The summed E-state index contributed by atoms with van der Waals surface area (Å²) < 4.78 is 0. The van der Waals surface area contributed by atoms with E-state index in [9.17, 15) is 9.59 Å². The highest BCUT2D eigenvalue weighted by molar-refractivity contribution is 7.14. The molecule has 2 aliphatic heterocycles. The molecule has 2 aliphatic rings. The van der Waals surface area contributed by atoms with Gasteiger partial charge in [0.05, 0.1) is 10.6 Å². The summed E-state index contributed by atoms with van der Waals surface area (Å²) >= 11 is 1.54. The van der Waals surface area contributed by atoms with Crippen LogP contribution in [0, 0.1) is 0 Å². The second kappa shape index (κ2) is 6.61. The number of carbonyl (C=O) groups excluding carboxylic acids is 2. The van der Waals surface area contributed by atoms with Crippen LogP contribution in [0.15, 0.2) is 36.4 Å². The van der Waals surface area contributed by atoms with Crippen LogP contribution in [0.3, 0.4) is 0 Å². The summed E-state index contributed by atoms with van der Waals surface area (Å²) in [5.74, 6) is 0.107. The Bertz CT molecular complexity index is 794. The van der Waals surface area contributed by atoms with E-state index in [2.05, 4.69) is 11.9 Å². The molecule has 0 atom stereocenters. The number of thiophene rings is 1. The van der Waals surface area contributed by atoms with Crippen LogP contribution >= 0.6 is 11.3 Å². The topological polar surface area (TPSA) is 43.9 Å². The fraction of sp³-hybridized carbons (Fsp3) is 0.368. The van der Waals surface area contributed by atoms with Crippen LogP contribution in [-0.4, -0.2) is 61.4 Å². The van der Waals surface area contributed by atoms with Crippen LogP contribution in [-0.2, 0) is 6.42 Å². The fourth-order valence-corrected chi connectivity index (χ4v) is 4.50. The van der Waals surface area contributed by atoms with Crippen LogP contribution in [0.5, 0.6) is 0 Å². The lowest BCUT2D eigenvalue weighted by atomic mass is 10.2. The van der Waals surface area contributed by atoms with Gasteiger partial charge in [-0.1, -0.05) is 18.2 Å². The molecule has 3 heterocycles. The molecule has 25 heavy (non-hydrogen) atoms. The van der Waals surface area contributed by atoms with Gasteiger partial charge in [0, 0.05) is 49.6 Å². The van der Waals surface area contributed by atoms with Crippen LogP contribution in [0.4, 0.5) is 5.69 Å². The number of hydrogen-bond donors (Lipinski definition) is 0. The number of likely N-dealkylation sites (N-methyl/N-ethyl adjacent to an activating group) is 1. The number of rotatable bonds is 2. The Morgan fingerprint density at radius 1 is 0.960 bits per heavy atom. The zero-order valence-corrected chi connectivity index (χ0v) is 15.1. The van der Waals surface area contributed by atoms with Crippen molar-refractivity contribution < 1.29 is 9.59 Å². The average Bonchev–Trinajstić information content (AvgIpc) is 3.22. The minimum Gasteiger partial charge on any atom is -0.335 e. The molecule has 0 bridgehead atoms. The maximum atomic E-state index is 12.8. The largest absolute Gasteiger partial charge is 0.335 e. The zero-order chi connectivity index (χ0) is 17.4. The fourth-order valence-electron chi connectivity index (χ4n) is 3.38. The van der Waals surface area contributed by atoms with E-state index in [-0.39, 0.29) is 11.8 Å². The van der Waals surface area contributed by atoms with E-state index in [0.717, 1.165) is 48.0 Å². The van der Waals surface area contributed by atoms with Gasteiger partial charge in [0.25, 0.3) is 11.8 Å². The number of carbonyl (C=O) groups is 2. The number of hydrogen-bond acceptors (Lipinski definition) is 4. The first-order valence-electron chi connectivity index (χ1n) is 8.61. The third-order valence-electron chi connectivity index (χ3n) is 4.91. The van der Waals surface area contributed by atoms with Crippen molar-refractivity contribution in [3.05, 3.63) is 51.7 Å². The highest BCUT2D eigenvalue weighted by Gasteiger charge is 2.30. The van der Waals surface area contributed by atoms with Crippen molar-refractivity contribution in [3.8, 4) is 0 Å². The molecule has 130 valence electrons. The number of piperazine rings is 1. The minimum atomic E-state index is 0.00995. The second-order valence-corrected chi connectivity index (χ2v) is 7.72. The molecule has 0 aliphatic carbocycles. The molecule has 0 N–H and O–H groups in total. The summed E-state index contributed by atoms with van der Waals surface area (Å²) in [6.45, 7) is 4.05. The van der Waals surface area contributed by atoms with Gasteiger partial charge in [-0.15, -0.1) is 11.3 Å². The van der Waals surface area contributed by atoms with E-state index >= 15 is 0 Å². The highest BCUT2D eigenvalue weighted by atomic mass is 32.1. The maximum absolute atomic E-state index is 12.8. The molecule has 1 aromatic carbocycles. The Labute approximate surface area is 151 Å². The first-order chi connectivity index (χ1) is 12.1. The Balaban J connectivity index is 1.54. The van der Waals surface area contributed by atoms with Crippen molar-refractivity contribution in [3.63, 3.8) is 0 Å². The molecule has 5 nitrogen and oxygen atoms in total. The monoisotopic (exact) mass is 355 g/mol. The van der Waals surface area contributed by atoms with Gasteiger partial charge in [-0.2, -0.15) is 0 Å². The predicted molar refractivity (Wildman–Crippen MR) is 99.5 cm³/mol. The number of nitrogens with zero attached hydrogens (tertiary/aromatic N) is 3. The summed E-state index contributed by atoms with van der Waals surface area (Å²) in [7, 11) is 2.08. The van der Waals surface area contributed by atoms with Gasteiger partial charge in [-0.25, -0.2) is 0 Å². The lowest BCUT2D eigenvalue weighted by Gasteiger charge is -2.32. The summed E-state index contributed by atoms with van der Waals surface area (Å²) in [4.78, 5) is 33.4. The smallest absolute Gasteiger partial charge is 0.264 e. The van der Waals surface area contributed by atoms with Crippen LogP contribution in [0.25, 0.3) is 0 Å². The Morgan fingerprint density at radius 3 is 2.40 bits per heavy atom. The SMILES string of the molecule is CN1CCN(C(=O)c2cc3c(s2)CCN3C(=O)c2ccccc2)CC1. The third-order valence-corrected chi connectivity index (χ3v) is 6.08. The van der Waals surface area contributed by atoms with Crippen molar-refractivity contribution in [2.24, 2.45) is 0 Å². The van der Waals surface area contributed by atoms with E-state index in [0.29, 0.717) is 12.1 Å². The molecule has 0 spiro atoms. The van der Waals surface area contributed by atoms with Crippen LogP contribution in [0.2, 0.25) is 0 Å². The molecule has 2 amide bonds. The van der Waals surface area contributed by atoms with Crippen molar-refractivity contribution in [1.82, 2.24) is 9.80 Å². The Hall–Kier alpha value is -2.18. The molecule has 1 saturated heterocycles. The molecule has 0 saturated carbocycles. The second-order valence-electron chi connectivity index (χ2n) is 6.59. The van der Waals surface area contributed by atoms with Gasteiger partial charge in [0.2, 0.25) is 0 Å². The van der Waals surface area contributed by atoms with Crippen LogP contribution < -0.4 is 4.90 Å². The molecule has 2 aromatic rings. The van der Waals surface area contributed by atoms with Gasteiger partial charge in [-0.3, -0.25) is 9.59 Å². The number of amides is 2. The number of benzene rings is 1. The molecule has 0 radical (unpaired) electrons. The summed E-state index contributed by atoms with van der Waals surface area (Å²) in [6.07, 6.45) is 0.828. The summed E-state index contributed by atoms with van der Waals surface area (Å²) in [5.41, 5.74) is 1.60. The minimum absolute atomic E-state index is 0.00995. The molecule has 1 aromatic heterocycles. The number of fused-ring (bicyclic) bond motifs is 1. The molecule has 0 unspecified atom stereocenters. The maximum Gasteiger partial charge on any atom is 0.264 e. The molecule has 6 heteroatoms. The van der Waals surface area contributed by atoms with Crippen molar-refractivity contribution in [1.29, 1.82) is 0 Å². The lowest BCUT2D eigenvalue weighted by molar-refractivity contribution is 0.0668. The Kier molecular flexibility index (Phi) is 4.31. The van der Waals surface area contributed by atoms with Crippen molar-refractivity contribution >= 4 is 28.8 Å². The summed E-state index contributed by atoms with van der Waals surface area (Å²) in [5, 5.41) is 0. The van der Waals surface area contributed by atoms with Crippen molar-refractivity contribution in [2.75, 3.05) is 44.7 Å². The zero-order valence-electron chi connectivity index (χ0n) is 14.3. The van der Waals surface area contributed by atoms with E-state index in [1.807, 2.05) is 46.2 Å². The van der Waals surface area contributed by atoms with E-state index in [4.69, 9.17) is 0 Å². The predicted octanol–water partition coefficient (Wildman–Crippen LogP) is 2.34. The molecule has 1 fully saturated rings. The van der Waals surface area contributed by atoms with Gasteiger partial charge in [0.1, 0.15) is 0 Å². The van der Waals surface area contributed by atoms with E-state index < -0.39 is 0 Å². The van der Waals surface area contributed by atoms with Crippen molar-refractivity contribution in [2.45, 2.75) is 6.42 Å². The lowest BCUT2D eigenvalue weighted by Crippen LogP contribution is -2.46. The average molecular weight is 355 g/mol. The van der Waals surface area contributed by atoms with E-state index in [1.165, 1.54) is 0 Å². The number of anilines is 1. The highest BCUT2D eigenvalue weighted by Crippen LogP contribution is 2.37. The quantitative estimate of drug-likeness (QED) is 0.831. The molecular formula is C19H21N3O2S. The normalized spacial score (nSPS) is 17.6. The Morgan fingerprint density at radius 2 is 1.68 bits per heavy atom. The first-order valence-corrected chi connectivity index (χ1v) is 9.42. The van der Waals surface area contributed by atoms with Gasteiger partial charge >= 0.3 is 0 Å². The summed E-state index contributed by atoms with van der Waals surface area (Å²) in [6, 6.07) is 11.2. The van der Waals surface area contributed by atoms with Gasteiger partial charge in [-0.05, 0) is 25.2 Å².